The lowest BCUT2D eigenvalue weighted by atomic mass is 9.97. The largest absolute Gasteiger partial charge is 0.350 e. The van der Waals surface area contributed by atoms with E-state index in [0.717, 1.165) is 11.3 Å². The quantitative estimate of drug-likeness (QED) is 0.808. The highest BCUT2D eigenvalue weighted by atomic mass is 35.5. The van der Waals surface area contributed by atoms with Crippen molar-refractivity contribution in [3.63, 3.8) is 0 Å². The summed E-state index contributed by atoms with van der Waals surface area (Å²) < 4.78 is 0. The lowest BCUT2D eigenvalue weighted by Gasteiger charge is -2.10. The molecule has 2 heterocycles. The van der Waals surface area contributed by atoms with E-state index in [-0.39, 0.29) is 11.2 Å². The number of hydrazone groups is 1. The summed E-state index contributed by atoms with van der Waals surface area (Å²) in [6, 6.07) is -0.528. The molecule has 1 atom stereocenters. The normalized spacial score (nSPS) is 16.8. The molecule has 2 N–H and O–H groups in total. The van der Waals surface area contributed by atoms with Gasteiger partial charge in [0.15, 0.2) is 0 Å². The summed E-state index contributed by atoms with van der Waals surface area (Å²) in [6.07, 6.45) is 4.04. The Bertz CT molecular complexity index is 458. The summed E-state index contributed by atoms with van der Waals surface area (Å²) in [5.41, 5.74) is 6.97. The molecular formula is C10H12ClN5O. The molecule has 6 nitrogen and oxygen atoms in total. The van der Waals surface area contributed by atoms with Crippen LogP contribution in [0, 0.1) is 0 Å². The van der Waals surface area contributed by atoms with E-state index in [1.807, 2.05) is 6.92 Å². The predicted molar refractivity (Wildman–Crippen MR) is 63.8 cm³/mol. The molecule has 0 unspecified atom stereocenters. The molecule has 90 valence electrons. The van der Waals surface area contributed by atoms with Crippen molar-refractivity contribution in [3.05, 3.63) is 23.2 Å². The molecule has 2 amide bonds. The lowest BCUT2D eigenvalue weighted by molar-refractivity contribution is 0.215. The maximum absolute atomic E-state index is 10.9. The standard InChI is InChI=1S/C10H12ClN5O/c1-6(7-4-13-9(11)14-5-7)8-2-3-16(15-8)10(12)17/h4-6H,2-3H2,1H3,(H2,12,17)/t6-/m1/s1. The van der Waals surface area contributed by atoms with Crippen LogP contribution in [0.5, 0.6) is 0 Å². The van der Waals surface area contributed by atoms with Crippen molar-refractivity contribution in [2.75, 3.05) is 6.54 Å². The van der Waals surface area contributed by atoms with E-state index in [1.165, 1.54) is 5.01 Å². The number of hydrogen-bond acceptors (Lipinski definition) is 4. The van der Waals surface area contributed by atoms with Crippen LogP contribution >= 0.6 is 11.6 Å². The molecule has 1 aromatic heterocycles. The van der Waals surface area contributed by atoms with Crippen LogP contribution in [0.15, 0.2) is 17.5 Å². The van der Waals surface area contributed by atoms with Gasteiger partial charge in [-0.1, -0.05) is 6.92 Å². The third kappa shape index (κ3) is 2.52. The van der Waals surface area contributed by atoms with Gasteiger partial charge in [0.2, 0.25) is 5.28 Å². The molecule has 0 aromatic carbocycles. The van der Waals surface area contributed by atoms with Gasteiger partial charge < -0.3 is 5.73 Å². The fourth-order valence-corrected chi connectivity index (χ4v) is 1.77. The van der Waals surface area contributed by atoms with Crippen LogP contribution in [0.4, 0.5) is 4.79 Å². The Morgan fingerprint density at radius 1 is 1.53 bits per heavy atom. The van der Waals surface area contributed by atoms with Crippen molar-refractivity contribution in [1.29, 1.82) is 0 Å². The molecule has 0 aliphatic carbocycles. The van der Waals surface area contributed by atoms with E-state index in [1.54, 1.807) is 12.4 Å². The molecule has 17 heavy (non-hydrogen) atoms. The van der Waals surface area contributed by atoms with Crippen molar-refractivity contribution in [2.45, 2.75) is 19.3 Å². The number of primary amides is 1. The second-order valence-electron chi connectivity index (χ2n) is 3.81. The number of nitrogens with zero attached hydrogens (tertiary/aromatic N) is 4. The molecule has 0 bridgehead atoms. The first-order valence-electron chi connectivity index (χ1n) is 5.19. The molecule has 1 aromatic rings. The maximum Gasteiger partial charge on any atom is 0.335 e. The van der Waals surface area contributed by atoms with Gasteiger partial charge in [0.1, 0.15) is 0 Å². The maximum atomic E-state index is 10.9. The Labute approximate surface area is 103 Å². The molecule has 1 aliphatic rings. The highest BCUT2D eigenvalue weighted by Crippen LogP contribution is 2.22. The molecule has 0 fully saturated rings. The second kappa shape index (κ2) is 4.67. The molecule has 2 rings (SSSR count). The number of hydrogen-bond donors (Lipinski definition) is 1. The van der Waals surface area contributed by atoms with Crippen LogP contribution in [-0.2, 0) is 0 Å². The summed E-state index contributed by atoms with van der Waals surface area (Å²) in [4.78, 5) is 18.8. The van der Waals surface area contributed by atoms with Crippen molar-refractivity contribution < 1.29 is 4.79 Å². The van der Waals surface area contributed by atoms with Gasteiger partial charge in [-0.2, -0.15) is 5.10 Å². The van der Waals surface area contributed by atoms with E-state index in [4.69, 9.17) is 17.3 Å². The fourth-order valence-electron chi connectivity index (χ4n) is 1.68. The zero-order chi connectivity index (χ0) is 12.4. The second-order valence-corrected chi connectivity index (χ2v) is 4.15. The van der Waals surface area contributed by atoms with Crippen LogP contribution in [0.2, 0.25) is 5.28 Å². The predicted octanol–water partition coefficient (Wildman–Crippen LogP) is 1.37. The summed E-state index contributed by atoms with van der Waals surface area (Å²) >= 11 is 5.62. The van der Waals surface area contributed by atoms with Crippen molar-refractivity contribution in [1.82, 2.24) is 15.0 Å². The first kappa shape index (κ1) is 11.8. The number of amides is 2. The van der Waals surface area contributed by atoms with Gasteiger partial charge in [0.25, 0.3) is 0 Å². The first-order valence-corrected chi connectivity index (χ1v) is 5.57. The van der Waals surface area contributed by atoms with Crippen LogP contribution in [0.25, 0.3) is 0 Å². The zero-order valence-corrected chi connectivity index (χ0v) is 10.1. The van der Waals surface area contributed by atoms with E-state index in [9.17, 15) is 4.79 Å². The van der Waals surface area contributed by atoms with Gasteiger partial charge in [-0.3, -0.25) is 0 Å². The number of urea groups is 1. The smallest absolute Gasteiger partial charge is 0.335 e. The van der Waals surface area contributed by atoms with E-state index < -0.39 is 6.03 Å². The first-order chi connectivity index (χ1) is 8.08. The van der Waals surface area contributed by atoms with Crippen molar-refractivity contribution in [3.8, 4) is 0 Å². The van der Waals surface area contributed by atoms with Gasteiger partial charge in [-0.05, 0) is 17.2 Å². The molecule has 0 radical (unpaired) electrons. The minimum atomic E-state index is -0.528. The monoisotopic (exact) mass is 253 g/mol. The van der Waals surface area contributed by atoms with Crippen molar-refractivity contribution in [2.24, 2.45) is 10.8 Å². The van der Waals surface area contributed by atoms with E-state index in [0.29, 0.717) is 13.0 Å². The van der Waals surface area contributed by atoms with Gasteiger partial charge in [-0.25, -0.2) is 19.8 Å². The minimum Gasteiger partial charge on any atom is -0.350 e. The number of carbonyl (C=O) groups excluding carboxylic acids is 1. The van der Waals surface area contributed by atoms with E-state index >= 15 is 0 Å². The van der Waals surface area contributed by atoms with Crippen molar-refractivity contribution >= 4 is 23.3 Å². The number of aromatic nitrogens is 2. The number of nitrogens with two attached hydrogens (primary N) is 1. The average molecular weight is 254 g/mol. The average Bonchev–Trinajstić information content (AvgIpc) is 2.78. The summed E-state index contributed by atoms with van der Waals surface area (Å²) in [5.74, 6) is 0.0524. The van der Waals surface area contributed by atoms with Gasteiger partial charge in [0, 0.05) is 30.4 Å². The highest BCUT2D eigenvalue weighted by Gasteiger charge is 2.23. The highest BCUT2D eigenvalue weighted by molar-refractivity contribution is 6.28. The fraction of sp³-hybridized carbons (Fsp3) is 0.400. The van der Waals surface area contributed by atoms with Crippen LogP contribution < -0.4 is 5.73 Å². The summed E-state index contributed by atoms with van der Waals surface area (Å²) in [5, 5.41) is 5.66. The Morgan fingerprint density at radius 3 is 2.71 bits per heavy atom. The number of halogens is 1. The molecular weight excluding hydrogens is 242 g/mol. The molecule has 0 saturated carbocycles. The number of rotatable bonds is 2. The Hall–Kier alpha value is -1.69. The van der Waals surface area contributed by atoms with Gasteiger partial charge in [-0.15, -0.1) is 0 Å². The summed E-state index contributed by atoms with van der Waals surface area (Å²) in [6.45, 7) is 2.51. The molecule has 7 heteroatoms. The van der Waals surface area contributed by atoms with Crippen LogP contribution in [0.1, 0.15) is 24.8 Å². The molecule has 1 aliphatic heterocycles. The minimum absolute atomic E-state index is 0.0524. The zero-order valence-electron chi connectivity index (χ0n) is 9.30. The van der Waals surface area contributed by atoms with Crippen LogP contribution in [0.3, 0.4) is 0 Å². The third-order valence-electron chi connectivity index (χ3n) is 2.72. The number of carbonyl (C=O) groups is 1. The van der Waals surface area contributed by atoms with Gasteiger partial charge >= 0.3 is 6.03 Å². The van der Waals surface area contributed by atoms with E-state index in [2.05, 4.69) is 15.1 Å². The Morgan fingerprint density at radius 2 is 2.18 bits per heavy atom. The Kier molecular flexibility index (Phi) is 3.23. The lowest BCUT2D eigenvalue weighted by Crippen LogP contribution is -2.29. The summed E-state index contributed by atoms with van der Waals surface area (Å²) in [7, 11) is 0. The third-order valence-corrected chi connectivity index (χ3v) is 2.92. The SMILES string of the molecule is C[C@@H](C1=NN(C(N)=O)CC1)c1cnc(Cl)nc1. The van der Waals surface area contributed by atoms with Gasteiger partial charge in [0.05, 0.1) is 6.54 Å². The molecule has 0 spiro atoms. The molecule has 0 saturated heterocycles. The Balaban J connectivity index is 2.16. The van der Waals surface area contributed by atoms with Crippen LogP contribution in [-0.4, -0.2) is 33.3 Å². The topological polar surface area (TPSA) is 84.5 Å².